The highest BCUT2D eigenvalue weighted by atomic mass is 16.6. The molecule has 0 spiro atoms. The molecule has 0 fully saturated rings. The molecule has 2 rings (SSSR count). The van der Waals surface area contributed by atoms with Crippen molar-refractivity contribution >= 4 is 41.0 Å². The molecule has 0 saturated carbocycles. The molecule has 43 heavy (non-hydrogen) atoms. The fourth-order valence-electron chi connectivity index (χ4n) is 4.37. The SMILES string of the molecule is C=CC(=O)NCCCCCC(=O)N[C@@H](CCC(=O)N1CCc2c(OCC(=O)OC)ccc([N+](=O)[O-])c21)C(=O)OC(C)(C)C. The van der Waals surface area contributed by atoms with E-state index in [4.69, 9.17) is 9.47 Å². The molecule has 0 radical (unpaired) electrons. The molecule has 0 unspecified atom stereocenters. The van der Waals surface area contributed by atoms with Gasteiger partial charge in [-0.2, -0.15) is 0 Å². The highest BCUT2D eigenvalue weighted by Crippen LogP contribution is 2.42. The Hall–Kier alpha value is -4.49. The lowest BCUT2D eigenvalue weighted by Crippen LogP contribution is -2.45. The fourth-order valence-corrected chi connectivity index (χ4v) is 4.37. The average molecular weight is 605 g/mol. The summed E-state index contributed by atoms with van der Waals surface area (Å²) in [5.41, 5.74) is -0.658. The van der Waals surface area contributed by atoms with Crippen LogP contribution >= 0.6 is 0 Å². The Morgan fingerprint density at radius 1 is 1.14 bits per heavy atom. The lowest BCUT2D eigenvalue weighted by atomic mass is 10.1. The third-order valence-corrected chi connectivity index (χ3v) is 6.38. The third kappa shape index (κ3) is 11.0. The highest BCUT2D eigenvalue weighted by Gasteiger charge is 2.36. The number of nitrogens with zero attached hydrogens (tertiary/aromatic N) is 2. The molecule has 1 aliphatic heterocycles. The van der Waals surface area contributed by atoms with Gasteiger partial charge < -0.3 is 29.7 Å². The normalized spacial score (nSPS) is 12.9. The van der Waals surface area contributed by atoms with Crippen LogP contribution in [-0.4, -0.2) is 73.0 Å². The molecular weight excluding hydrogens is 564 g/mol. The molecule has 1 aliphatic rings. The minimum Gasteiger partial charge on any atom is -0.482 e. The number of esters is 2. The van der Waals surface area contributed by atoms with E-state index in [2.05, 4.69) is 21.9 Å². The van der Waals surface area contributed by atoms with Crippen LogP contribution in [0.4, 0.5) is 11.4 Å². The van der Waals surface area contributed by atoms with Crippen LogP contribution in [0.15, 0.2) is 24.8 Å². The number of unbranched alkanes of at least 4 members (excludes halogenated alkanes) is 2. The average Bonchev–Trinajstić information content (AvgIpc) is 3.39. The first-order valence-electron chi connectivity index (χ1n) is 14.0. The number of ether oxygens (including phenoxy) is 3. The van der Waals surface area contributed by atoms with Crippen LogP contribution in [0.2, 0.25) is 0 Å². The second-order valence-corrected chi connectivity index (χ2v) is 10.8. The first-order valence-corrected chi connectivity index (χ1v) is 14.0. The second kappa shape index (κ2) is 16.2. The maximum atomic E-state index is 13.3. The summed E-state index contributed by atoms with van der Waals surface area (Å²) in [4.78, 5) is 74.1. The molecule has 3 amide bonds. The molecule has 1 atom stereocenters. The van der Waals surface area contributed by atoms with Gasteiger partial charge in [-0.15, -0.1) is 0 Å². The molecule has 14 nitrogen and oxygen atoms in total. The van der Waals surface area contributed by atoms with Gasteiger partial charge in [0.1, 0.15) is 23.1 Å². The number of benzene rings is 1. The zero-order valence-electron chi connectivity index (χ0n) is 25.1. The van der Waals surface area contributed by atoms with E-state index in [1.165, 1.54) is 30.2 Å². The number of anilines is 1. The maximum absolute atomic E-state index is 13.3. The largest absolute Gasteiger partial charge is 0.482 e. The van der Waals surface area contributed by atoms with E-state index in [1.807, 2.05) is 0 Å². The number of methoxy groups -OCH3 is 1. The number of nitro groups is 1. The van der Waals surface area contributed by atoms with Gasteiger partial charge in [0.25, 0.3) is 5.69 Å². The van der Waals surface area contributed by atoms with Gasteiger partial charge in [0.15, 0.2) is 6.61 Å². The topological polar surface area (TPSA) is 183 Å². The number of carbonyl (C=O) groups is 5. The molecular formula is C29H40N4O10. The third-order valence-electron chi connectivity index (χ3n) is 6.38. The van der Waals surface area contributed by atoms with Gasteiger partial charge in [-0.3, -0.25) is 24.5 Å². The van der Waals surface area contributed by atoms with Gasteiger partial charge in [-0.1, -0.05) is 13.0 Å². The predicted molar refractivity (Wildman–Crippen MR) is 155 cm³/mol. The number of hydrogen-bond donors (Lipinski definition) is 2. The quantitative estimate of drug-likeness (QED) is 0.0934. The number of amides is 3. The fraction of sp³-hybridized carbons (Fsp3) is 0.552. The Labute approximate surface area is 250 Å². The van der Waals surface area contributed by atoms with Crippen LogP contribution in [-0.2, 0) is 39.9 Å². The van der Waals surface area contributed by atoms with Gasteiger partial charge in [-0.25, -0.2) is 9.59 Å². The Bertz CT molecular complexity index is 1220. The van der Waals surface area contributed by atoms with Crippen LogP contribution < -0.4 is 20.3 Å². The Morgan fingerprint density at radius 3 is 2.49 bits per heavy atom. The Balaban J connectivity index is 2.09. The molecule has 0 aromatic heterocycles. The van der Waals surface area contributed by atoms with Crippen molar-refractivity contribution in [1.29, 1.82) is 0 Å². The summed E-state index contributed by atoms with van der Waals surface area (Å²) in [6, 6.07) is 1.46. The number of rotatable bonds is 16. The van der Waals surface area contributed by atoms with Crippen molar-refractivity contribution in [3.05, 3.63) is 40.5 Å². The van der Waals surface area contributed by atoms with Crippen LogP contribution in [0.25, 0.3) is 0 Å². The van der Waals surface area contributed by atoms with Gasteiger partial charge >= 0.3 is 11.9 Å². The van der Waals surface area contributed by atoms with Crippen LogP contribution in [0.3, 0.4) is 0 Å². The highest BCUT2D eigenvalue weighted by molar-refractivity contribution is 5.99. The van der Waals surface area contributed by atoms with E-state index in [0.29, 0.717) is 31.4 Å². The number of nitrogens with one attached hydrogen (secondary N) is 2. The lowest BCUT2D eigenvalue weighted by molar-refractivity contribution is -0.384. The van der Waals surface area contributed by atoms with Crippen molar-refractivity contribution in [2.75, 3.05) is 31.7 Å². The summed E-state index contributed by atoms with van der Waals surface area (Å²) in [5, 5.41) is 17.1. The monoisotopic (exact) mass is 604 g/mol. The molecule has 0 saturated heterocycles. The molecule has 14 heteroatoms. The van der Waals surface area contributed by atoms with Crippen LogP contribution in [0, 0.1) is 10.1 Å². The number of carbonyl (C=O) groups excluding carboxylic acids is 5. The van der Waals surface area contributed by atoms with E-state index in [0.717, 1.165) is 0 Å². The maximum Gasteiger partial charge on any atom is 0.343 e. The zero-order chi connectivity index (χ0) is 32.2. The molecule has 1 aromatic rings. The predicted octanol–water partition coefficient (Wildman–Crippen LogP) is 2.51. The molecule has 2 N–H and O–H groups in total. The Morgan fingerprint density at radius 2 is 1.86 bits per heavy atom. The van der Waals surface area contributed by atoms with Crippen molar-refractivity contribution < 1.29 is 43.1 Å². The molecule has 1 aromatic carbocycles. The summed E-state index contributed by atoms with van der Waals surface area (Å²) in [5.74, 6) is -2.27. The van der Waals surface area contributed by atoms with Crippen molar-refractivity contribution in [3.8, 4) is 5.75 Å². The van der Waals surface area contributed by atoms with Gasteiger partial charge in [0, 0.05) is 37.6 Å². The van der Waals surface area contributed by atoms with Crippen LogP contribution in [0.5, 0.6) is 5.75 Å². The molecule has 1 heterocycles. The van der Waals surface area contributed by atoms with Crippen molar-refractivity contribution in [2.24, 2.45) is 0 Å². The van der Waals surface area contributed by atoms with Gasteiger partial charge in [0.05, 0.1) is 12.0 Å². The first-order chi connectivity index (χ1) is 20.3. The van der Waals surface area contributed by atoms with E-state index in [-0.39, 0.29) is 55.3 Å². The summed E-state index contributed by atoms with van der Waals surface area (Å²) in [6.07, 6.45) is 3.10. The van der Waals surface area contributed by atoms with Crippen LogP contribution in [0.1, 0.15) is 64.9 Å². The second-order valence-electron chi connectivity index (χ2n) is 10.8. The van der Waals surface area contributed by atoms with E-state index in [9.17, 15) is 34.1 Å². The molecule has 0 bridgehead atoms. The smallest absolute Gasteiger partial charge is 0.343 e. The summed E-state index contributed by atoms with van der Waals surface area (Å²) in [6.45, 7) is 8.59. The molecule has 0 aliphatic carbocycles. The van der Waals surface area contributed by atoms with Gasteiger partial charge in [0.2, 0.25) is 17.7 Å². The summed E-state index contributed by atoms with van der Waals surface area (Å²) < 4.78 is 15.5. The van der Waals surface area contributed by atoms with Gasteiger partial charge in [-0.05, 0) is 58.6 Å². The molecule has 236 valence electrons. The van der Waals surface area contributed by atoms with Crippen molar-refractivity contribution in [2.45, 2.75) is 77.4 Å². The van der Waals surface area contributed by atoms with E-state index >= 15 is 0 Å². The minimum atomic E-state index is -1.12. The first kappa shape index (κ1) is 34.7. The van der Waals surface area contributed by atoms with Crippen molar-refractivity contribution in [3.63, 3.8) is 0 Å². The number of nitro benzene ring substituents is 1. The summed E-state index contributed by atoms with van der Waals surface area (Å²) >= 11 is 0. The van der Waals surface area contributed by atoms with E-state index in [1.54, 1.807) is 20.8 Å². The minimum absolute atomic E-state index is 0.0690. The standard InChI is InChI=1S/C29H40N4O10/c1-6-23(34)30-16-9-7-8-10-24(35)31-20(28(38)43-29(2,3)4)11-14-25(36)32-17-15-19-22(42-18-26(37)41-5)13-12-21(27(19)32)33(39)40/h6,12-13,20H,1,7-11,14-18H2,2-5H3,(H,30,34)(H,31,35)/t20-/m0/s1. The van der Waals surface area contributed by atoms with E-state index < -0.39 is 46.9 Å². The lowest BCUT2D eigenvalue weighted by Gasteiger charge is -2.25. The Kier molecular flexibility index (Phi) is 13.1. The van der Waals surface area contributed by atoms with Crippen molar-refractivity contribution in [1.82, 2.24) is 10.6 Å². The number of hydrogen-bond acceptors (Lipinski definition) is 10. The zero-order valence-corrected chi connectivity index (χ0v) is 25.1. The number of fused-ring (bicyclic) bond motifs is 1. The summed E-state index contributed by atoms with van der Waals surface area (Å²) in [7, 11) is 1.20.